The predicted octanol–water partition coefficient (Wildman–Crippen LogP) is 2.48. The van der Waals surface area contributed by atoms with Crippen LogP contribution in [0.15, 0.2) is 18.2 Å². The lowest BCUT2D eigenvalue weighted by atomic mass is 9.94. The van der Waals surface area contributed by atoms with E-state index in [1.54, 1.807) is 0 Å². The Morgan fingerprint density at radius 1 is 1.08 bits per heavy atom. The fourth-order valence-electron chi connectivity index (χ4n) is 3.24. The minimum atomic E-state index is 0.0507. The zero-order chi connectivity index (χ0) is 18.4. The number of rotatable bonds is 7. The number of anilines is 1. The Balaban J connectivity index is 1.94. The number of β-amino-alcohol motifs (C(OH)–C–C–N with tert-alkyl or cyclic N) is 1. The summed E-state index contributed by atoms with van der Waals surface area (Å²) in [7, 11) is 0. The summed E-state index contributed by atoms with van der Waals surface area (Å²) < 4.78 is 0. The number of hydrogen-bond donors (Lipinski definition) is 2. The summed E-state index contributed by atoms with van der Waals surface area (Å²) in [6, 6.07) is 6.38. The van der Waals surface area contributed by atoms with Gasteiger partial charge in [-0.2, -0.15) is 0 Å². The van der Waals surface area contributed by atoms with Crippen LogP contribution in [-0.4, -0.2) is 66.7 Å². The van der Waals surface area contributed by atoms with Crippen LogP contribution in [-0.2, 0) is 4.79 Å². The first kappa shape index (κ1) is 19.9. The van der Waals surface area contributed by atoms with Crippen LogP contribution in [0.1, 0.15) is 50.7 Å². The highest BCUT2D eigenvalue weighted by molar-refractivity contribution is 5.93. The fraction of sp³-hybridized carbons (Fsp3) is 0.650. The van der Waals surface area contributed by atoms with Crippen molar-refractivity contribution in [3.8, 4) is 0 Å². The van der Waals surface area contributed by atoms with Gasteiger partial charge in [-0.3, -0.25) is 14.6 Å². The number of nitrogens with zero attached hydrogens (tertiary/aromatic N) is 2. The molecule has 2 rings (SSSR count). The zero-order valence-electron chi connectivity index (χ0n) is 16.1. The SMILES string of the molecule is CC(C)c1ccc(NC(=O)CN2CCN(CCO)CC2)c(C(C)C)c1. The third-order valence-corrected chi connectivity index (χ3v) is 4.89. The van der Waals surface area contributed by atoms with Crippen molar-refractivity contribution in [1.82, 2.24) is 9.80 Å². The van der Waals surface area contributed by atoms with Gasteiger partial charge in [-0.05, 0) is 29.0 Å². The van der Waals surface area contributed by atoms with Gasteiger partial charge in [0.15, 0.2) is 0 Å². The normalized spacial score (nSPS) is 16.6. The van der Waals surface area contributed by atoms with Gasteiger partial charge in [0.05, 0.1) is 13.2 Å². The first-order valence-corrected chi connectivity index (χ1v) is 9.40. The van der Waals surface area contributed by atoms with Crippen molar-refractivity contribution in [2.45, 2.75) is 39.5 Å². The maximum atomic E-state index is 12.5. The number of carbonyl (C=O) groups is 1. The molecule has 2 N–H and O–H groups in total. The molecule has 1 aromatic carbocycles. The predicted molar refractivity (Wildman–Crippen MR) is 103 cm³/mol. The van der Waals surface area contributed by atoms with E-state index in [4.69, 9.17) is 5.11 Å². The van der Waals surface area contributed by atoms with Gasteiger partial charge in [-0.15, -0.1) is 0 Å². The van der Waals surface area contributed by atoms with Gasteiger partial charge in [0.1, 0.15) is 0 Å². The lowest BCUT2D eigenvalue weighted by Crippen LogP contribution is -2.49. The van der Waals surface area contributed by atoms with E-state index in [1.165, 1.54) is 11.1 Å². The first-order valence-electron chi connectivity index (χ1n) is 9.40. The second-order valence-electron chi connectivity index (χ2n) is 7.55. The number of benzene rings is 1. The summed E-state index contributed by atoms with van der Waals surface area (Å²) >= 11 is 0. The highest BCUT2D eigenvalue weighted by atomic mass is 16.3. The molecule has 5 heteroatoms. The Hall–Kier alpha value is -1.43. The van der Waals surface area contributed by atoms with Gasteiger partial charge < -0.3 is 10.4 Å². The molecule has 0 radical (unpaired) electrons. The molecule has 140 valence electrons. The smallest absolute Gasteiger partial charge is 0.238 e. The van der Waals surface area contributed by atoms with Crippen LogP contribution in [0.25, 0.3) is 0 Å². The van der Waals surface area contributed by atoms with Crippen LogP contribution in [0.4, 0.5) is 5.69 Å². The summed E-state index contributed by atoms with van der Waals surface area (Å²) in [6.45, 7) is 13.6. The minimum absolute atomic E-state index is 0.0507. The number of piperazine rings is 1. The Bertz CT molecular complexity index is 564. The Labute approximate surface area is 152 Å². The monoisotopic (exact) mass is 347 g/mol. The van der Waals surface area contributed by atoms with Gasteiger partial charge in [-0.25, -0.2) is 0 Å². The number of carbonyl (C=O) groups excluding carboxylic acids is 1. The number of hydrogen-bond acceptors (Lipinski definition) is 4. The van der Waals surface area contributed by atoms with Crippen LogP contribution in [0.3, 0.4) is 0 Å². The van der Waals surface area contributed by atoms with Crippen LogP contribution in [0, 0.1) is 0 Å². The van der Waals surface area contributed by atoms with Crippen molar-refractivity contribution in [2.24, 2.45) is 0 Å². The summed E-state index contributed by atoms with van der Waals surface area (Å²) in [6.07, 6.45) is 0. The Morgan fingerprint density at radius 2 is 1.72 bits per heavy atom. The molecular weight excluding hydrogens is 314 g/mol. The van der Waals surface area contributed by atoms with Crippen molar-refractivity contribution < 1.29 is 9.90 Å². The lowest BCUT2D eigenvalue weighted by molar-refractivity contribution is -0.117. The molecule has 0 bridgehead atoms. The third kappa shape index (κ3) is 5.80. The molecular formula is C20H33N3O2. The topological polar surface area (TPSA) is 55.8 Å². The van der Waals surface area contributed by atoms with E-state index in [0.717, 1.165) is 38.4 Å². The van der Waals surface area contributed by atoms with E-state index in [9.17, 15) is 4.79 Å². The standard InChI is InChI=1S/C20H33N3O2/c1-15(2)17-5-6-19(18(13-17)16(3)4)21-20(25)14-23-9-7-22(8-10-23)11-12-24/h5-6,13,15-16,24H,7-12,14H2,1-4H3,(H,21,25). The summed E-state index contributed by atoms with van der Waals surface area (Å²) in [5, 5.41) is 12.1. The molecule has 0 atom stereocenters. The van der Waals surface area contributed by atoms with Crippen molar-refractivity contribution in [2.75, 3.05) is 51.2 Å². The highest BCUT2D eigenvalue weighted by Gasteiger charge is 2.19. The van der Waals surface area contributed by atoms with E-state index in [1.807, 2.05) is 6.07 Å². The molecule has 0 spiro atoms. The maximum absolute atomic E-state index is 12.5. The molecule has 1 aliphatic heterocycles. The van der Waals surface area contributed by atoms with Crippen LogP contribution in [0.2, 0.25) is 0 Å². The molecule has 0 aliphatic carbocycles. The third-order valence-electron chi connectivity index (χ3n) is 4.89. The Morgan fingerprint density at radius 3 is 2.28 bits per heavy atom. The highest BCUT2D eigenvalue weighted by Crippen LogP contribution is 2.28. The van der Waals surface area contributed by atoms with Gasteiger partial charge in [0.25, 0.3) is 0 Å². The number of aliphatic hydroxyl groups is 1. The van der Waals surface area contributed by atoms with Crippen molar-refractivity contribution in [3.63, 3.8) is 0 Å². The molecule has 1 aromatic rings. The average molecular weight is 348 g/mol. The van der Waals surface area contributed by atoms with Gasteiger partial charge in [0.2, 0.25) is 5.91 Å². The van der Waals surface area contributed by atoms with E-state index >= 15 is 0 Å². The van der Waals surface area contributed by atoms with E-state index in [2.05, 4.69) is 54.9 Å². The maximum Gasteiger partial charge on any atom is 0.238 e. The molecule has 25 heavy (non-hydrogen) atoms. The molecule has 1 heterocycles. The van der Waals surface area contributed by atoms with E-state index in [-0.39, 0.29) is 12.5 Å². The number of aliphatic hydroxyl groups excluding tert-OH is 1. The quantitative estimate of drug-likeness (QED) is 0.796. The first-order chi connectivity index (χ1) is 11.9. The van der Waals surface area contributed by atoms with Crippen molar-refractivity contribution >= 4 is 11.6 Å². The van der Waals surface area contributed by atoms with Gasteiger partial charge in [0, 0.05) is 38.4 Å². The average Bonchev–Trinajstić information content (AvgIpc) is 2.56. The summed E-state index contributed by atoms with van der Waals surface area (Å²) in [5.41, 5.74) is 3.44. The molecule has 1 amide bonds. The van der Waals surface area contributed by atoms with Gasteiger partial charge in [-0.1, -0.05) is 39.8 Å². The molecule has 1 aliphatic rings. The van der Waals surface area contributed by atoms with E-state index < -0.39 is 0 Å². The summed E-state index contributed by atoms with van der Waals surface area (Å²) in [4.78, 5) is 16.9. The second kappa shape index (κ2) is 9.32. The van der Waals surface area contributed by atoms with Crippen LogP contribution < -0.4 is 5.32 Å². The molecule has 5 nitrogen and oxygen atoms in total. The van der Waals surface area contributed by atoms with Crippen molar-refractivity contribution in [1.29, 1.82) is 0 Å². The van der Waals surface area contributed by atoms with Crippen LogP contribution >= 0.6 is 0 Å². The second-order valence-corrected chi connectivity index (χ2v) is 7.55. The molecule has 0 aromatic heterocycles. The number of nitrogens with one attached hydrogen (secondary N) is 1. The molecule has 0 saturated carbocycles. The lowest BCUT2D eigenvalue weighted by Gasteiger charge is -2.33. The number of amides is 1. The van der Waals surface area contributed by atoms with Crippen molar-refractivity contribution in [3.05, 3.63) is 29.3 Å². The minimum Gasteiger partial charge on any atom is -0.395 e. The van der Waals surface area contributed by atoms with Gasteiger partial charge >= 0.3 is 0 Å². The molecule has 1 fully saturated rings. The molecule has 1 saturated heterocycles. The largest absolute Gasteiger partial charge is 0.395 e. The molecule has 0 unspecified atom stereocenters. The Kier molecular flexibility index (Phi) is 7.41. The zero-order valence-corrected chi connectivity index (χ0v) is 16.1. The summed E-state index contributed by atoms with van der Waals surface area (Å²) in [5.74, 6) is 0.906. The fourth-order valence-corrected chi connectivity index (χ4v) is 3.24. The van der Waals surface area contributed by atoms with E-state index in [0.29, 0.717) is 18.4 Å². The van der Waals surface area contributed by atoms with Crippen LogP contribution in [0.5, 0.6) is 0 Å².